The van der Waals surface area contributed by atoms with Crippen LogP contribution in [0.15, 0.2) is 18.2 Å². The Morgan fingerprint density at radius 3 is 2.95 bits per heavy atom. The van der Waals surface area contributed by atoms with Crippen molar-refractivity contribution < 1.29 is 4.79 Å². The van der Waals surface area contributed by atoms with Gasteiger partial charge in [0.25, 0.3) is 0 Å². The minimum Gasteiger partial charge on any atom is -0.324 e. The molecule has 0 aliphatic carbocycles. The third kappa shape index (κ3) is 3.53. The SMILES string of the molecule is Cc1c(Cl)cccc1NC(=O)[C@H](C)N1CCC[C@H](C)C1. The summed E-state index contributed by atoms with van der Waals surface area (Å²) in [6.07, 6.45) is 2.44. The number of carbonyl (C=O) groups is 1. The molecule has 0 radical (unpaired) electrons. The molecule has 0 bridgehead atoms. The number of hydrogen-bond acceptors (Lipinski definition) is 2. The van der Waals surface area contributed by atoms with E-state index in [1.165, 1.54) is 12.8 Å². The zero-order valence-electron chi connectivity index (χ0n) is 12.4. The number of rotatable bonds is 3. The highest BCUT2D eigenvalue weighted by Crippen LogP contribution is 2.24. The fraction of sp³-hybridized carbons (Fsp3) is 0.562. The standard InChI is InChI=1S/C16H23ClN2O/c1-11-6-5-9-19(10-11)13(3)16(20)18-15-8-4-7-14(17)12(15)2/h4,7-8,11,13H,5-6,9-10H2,1-3H3,(H,18,20)/t11-,13-/m0/s1. The molecule has 1 aromatic carbocycles. The molecule has 3 nitrogen and oxygen atoms in total. The van der Waals surface area contributed by atoms with Crippen molar-refractivity contribution in [2.75, 3.05) is 18.4 Å². The normalized spacial score (nSPS) is 21.5. The highest BCUT2D eigenvalue weighted by atomic mass is 35.5. The molecule has 1 aliphatic rings. The second kappa shape index (κ2) is 6.59. The zero-order valence-corrected chi connectivity index (χ0v) is 13.2. The lowest BCUT2D eigenvalue weighted by atomic mass is 9.99. The van der Waals surface area contributed by atoms with Gasteiger partial charge in [-0.25, -0.2) is 0 Å². The van der Waals surface area contributed by atoms with Gasteiger partial charge in [0, 0.05) is 17.3 Å². The van der Waals surface area contributed by atoms with Crippen LogP contribution in [0.1, 0.15) is 32.3 Å². The number of halogens is 1. The van der Waals surface area contributed by atoms with Gasteiger partial charge in [-0.3, -0.25) is 9.69 Å². The van der Waals surface area contributed by atoms with Gasteiger partial charge in [-0.05, 0) is 56.8 Å². The molecule has 0 aromatic heterocycles. The van der Waals surface area contributed by atoms with Crippen LogP contribution >= 0.6 is 11.6 Å². The monoisotopic (exact) mass is 294 g/mol. The van der Waals surface area contributed by atoms with Crippen molar-refractivity contribution in [3.63, 3.8) is 0 Å². The van der Waals surface area contributed by atoms with Crippen molar-refractivity contribution in [2.24, 2.45) is 5.92 Å². The Morgan fingerprint density at radius 1 is 1.50 bits per heavy atom. The van der Waals surface area contributed by atoms with E-state index in [1.54, 1.807) is 0 Å². The van der Waals surface area contributed by atoms with Gasteiger partial charge in [0.15, 0.2) is 0 Å². The number of hydrogen-bond donors (Lipinski definition) is 1. The van der Waals surface area contributed by atoms with Crippen LogP contribution in [0, 0.1) is 12.8 Å². The topological polar surface area (TPSA) is 32.3 Å². The van der Waals surface area contributed by atoms with E-state index in [-0.39, 0.29) is 11.9 Å². The second-order valence-corrected chi connectivity index (χ2v) is 6.23. The lowest BCUT2D eigenvalue weighted by molar-refractivity contribution is -0.121. The summed E-state index contributed by atoms with van der Waals surface area (Å²) in [7, 11) is 0. The molecule has 1 fully saturated rings. The van der Waals surface area contributed by atoms with Crippen LogP contribution in [0.2, 0.25) is 5.02 Å². The molecule has 1 N–H and O–H groups in total. The van der Waals surface area contributed by atoms with Crippen molar-refractivity contribution in [2.45, 2.75) is 39.7 Å². The number of nitrogens with one attached hydrogen (secondary N) is 1. The van der Waals surface area contributed by atoms with Gasteiger partial charge < -0.3 is 5.32 Å². The van der Waals surface area contributed by atoms with E-state index < -0.39 is 0 Å². The summed E-state index contributed by atoms with van der Waals surface area (Å²) in [4.78, 5) is 14.7. The number of likely N-dealkylation sites (tertiary alicyclic amines) is 1. The fourth-order valence-corrected chi connectivity index (χ4v) is 2.90. The van der Waals surface area contributed by atoms with Gasteiger partial charge in [-0.15, -0.1) is 0 Å². The first-order valence-electron chi connectivity index (χ1n) is 7.29. The molecule has 20 heavy (non-hydrogen) atoms. The lowest BCUT2D eigenvalue weighted by Crippen LogP contribution is -2.46. The molecular formula is C16H23ClN2O. The van der Waals surface area contributed by atoms with Gasteiger partial charge in [-0.1, -0.05) is 24.6 Å². The maximum absolute atomic E-state index is 12.4. The average molecular weight is 295 g/mol. The summed E-state index contributed by atoms with van der Waals surface area (Å²) in [6, 6.07) is 5.49. The summed E-state index contributed by atoms with van der Waals surface area (Å²) >= 11 is 6.08. The molecule has 0 unspecified atom stereocenters. The van der Waals surface area contributed by atoms with E-state index in [1.807, 2.05) is 32.0 Å². The third-order valence-corrected chi connectivity index (χ3v) is 4.55. The smallest absolute Gasteiger partial charge is 0.241 e. The van der Waals surface area contributed by atoms with Crippen molar-refractivity contribution >= 4 is 23.2 Å². The summed E-state index contributed by atoms with van der Waals surface area (Å²) in [5.41, 5.74) is 1.72. The highest BCUT2D eigenvalue weighted by Gasteiger charge is 2.25. The number of amides is 1. The summed E-state index contributed by atoms with van der Waals surface area (Å²) in [6.45, 7) is 8.16. The van der Waals surface area contributed by atoms with Crippen molar-refractivity contribution in [1.82, 2.24) is 4.90 Å². The maximum Gasteiger partial charge on any atom is 0.241 e. The van der Waals surface area contributed by atoms with E-state index in [2.05, 4.69) is 17.1 Å². The summed E-state index contributed by atoms with van der Waals surface area (Å²) in [5, 5.41) is 3.68. The number of piperidine rings is 1. The Labute approximate surface area is 126 Å². The predicted octanol–water partition coefficient (Wildman–Crippen LogP) is 3.71. The molecule has 1 aromatic rings. The number of anilines is 1. The molecule has 0 saturated carbocycles. The zero-order chi connectivity index (χ0) is 14.7. The largest absolute Gasteiger partial charge is 0.324 e. The first-order valence-corrected chi connectivity index (χ1v) is 7.67. The molecule has 2 atom stereocenters. The summed E-state index contributed by atoms with van der Waals surface area (Å²) in [5.74, 6) is 0.719. The number of carbonyl (C=O) groups excluding carboxylic acids is 1. The Hall–Kier alpha value is -1.06. The van der Waals surface area contributed by atoms with Crippen molar-refractivity contribution in [3.05, 3.63) is 28.8 Å². The van der Waals surface area contributed by atoms with Crippen LogP contribution in [0.4, 0.5) is 5.69 Å². The van der Waals surface area contributed by atoms with Crippen molar-refractivity contribution in [1.29, 1.82) is 0 Å². The van der Waals surface area contributed by atoms with Crippen LogP contribution in [0.25, 0.3) is 0 Å². The number of benzene rings is 1. The molecule has 1 saturated heterocycles. The molecule has 4 heteroatoms. The Kier molecular flexibility index (Phi) is 5.06. The molecule has 2 rings (SSSR count). The second-order valence-electron chi connectivity index (χ2n) is 5.82. The van der Waals surface area contributed by atoms with Gasteiger partial charge in [0.05, 0.1) is 6.04 Å². The van der Waals surface area contributed by atoms with E-state index in [0.717, 1.165) is 24.3 Å². The Bertz CT molecular complexity index is 489. The Morgan fingerprint density at radius 2 is 2.25 bits per heavy atom. The van der Waals surface area contributed by atoms with E-state index >= 15 is 0 Å². The quantitative estimate of drug-likeness (QED) is 0.922. The first-order chi connectivity index (χ1) is 9.49. The molecule has 110 valence electrons. The van der Waals surface area contributed by atoms with Crippen LogP contribution in [0.3, 0.4) is 0 Å². The van der Waals surface area contributed by atoms with E-state index in [0.29, 0.717) is 10.9 Å². The molecule has 1 aliphatic heterocycles. The maximum atomic E-state index is 12.4. The first kappa shape index (κ1) is 15.3. The van der Waals surface area contributed by atoms with E-state index in [9.17, 15) is 4.79 Å². The average Bonchev–Trinajstić information content (AvgIpc) is 2.43. The molecular weight excluding hydrogens is 272 g/mol. The van der Waals surface area contributed by atoms with Gasteiger partial charge in [0.2, 0.25) is 5.91 Å². The Balaban J connectivity index is 2.02. The van der Waals surface area contributed by atoms with Crippen LogP contribution in [-0.2, 0) is 4.79 Å². The lowest BCUT2D eigenvalue weighted by Gasteiger charge is -2.34. The van der Waals surface area contributed by atoms with E-state index in [4.69, 9.17) is 11.6 Å². The van der Waals surface area contributed by atoms with Crippen LogP contribution < -0.4 is 5.32 Å². The highest BCUT2D eigenvalue weighted by molar-refractivity contribution is 6.31. The molecule has 1 heterocycles. The fourth-order valence-electron chi connectivity index (χ4n) is 2.72. The molecule has 0 spiro atoms. The van der Waals surface area contributed by atoms with Gasteiger partial charge in [-0.2, -0.15) is 0 Å². The third-order valence-electron chi connectivity index (χ3n) is 4.14. The summed E-state index contributed by atoms with van der Waals surface area (Å²) < 4.78 is 0. The molecule has 1 amide bonds. The van der Waals surface area contributed by atoms with Gasteiger partial charge in [0.1, 0.15) is 0 Å². The van der Waals surface area contributed by atoms with Crippen LogP contribution in [-0.4, -0.2) is 29.9 Å². The predicted molar refractivity (Wildman–Crippen MR) is 84.3 cm³/mol. The van der Waals surface area contributed by atoms with Gasteiger partial charge >= 0.3 is 0 Å². The minimum atomic E-state index is -0.101. The van der Waals surface area contributed by atoms with Crippen LogP contribution in [0.5, 0.6) is 0 Å². The number of nitrogens with zero attached hydrogens (tertiary/aromatic N) is 1. The van der Waals surface area contributed by atoms with Crippen molar-refractivity contribution in [3.8, 4) is 0 Å². The minimum absolute atomic E-state index is 0.0458.